The summed E-state index contributed by atoms with van der Waals surface area (Å²) in [5, 5.41) is 3.23. The second kappa shape index (κ2) is 9.34. The second-order valence-corrected chi connectivity index (χ2v) is 6.62. The Balaban J connectivity index is 2.00. The van der Waals surface area contributed by atoms with Gasteiger partial charge in [-0.05, 0) is 62.5 Å². The van der Waals surface area contributed by atoms with E-state index in [4.69, 9.17) is 4.74 Å². The van der Waals surface area contributed by atoms with Gasteiger partial charge in [-0.1, -0.05) is 18.2 Å². The maximum absolute atomic E-state index is 12.4. The third kappa shape index (κ3) is 5.43. The van der Waals surface area contributed by atoms with Crippen LogP contribution in [-0.4, -0.2) is 13.2 Å². The summed E-state index contributed by atoms with van der Waals surface area (Å²) in [4.78, 5) is 0. The Morgan fingerprint density at radius 2 is 1.75 bits per heavy atom. The number of nitrogens with one attached hydrogen (secondary N) is 1. The number of benzene rings is 2. The van der Waals surface area contributed by atoms with Crippen molar-refractivity contribution in [1.29, 1.82) is 0 Å². The number of para-hydroxylation sites is 1. The predicted molar refractivity (Wildman–Crippen MR) is 96.6 cm³/mol. The molecule has 7 heteroatoms. The van der Waals surface area contributed by atoms with Gasteiger partial charge in [0.1, 0.15) is 11.5 Å². The van der Waals surface area contributed by atoms with Gasteiger partial charge >= 0.3 is 6.61 Å². The zero-order chi connectivity index (χ0) is 17.5. The zero-order valence-electron chi connectivity index (χ0n) is 13.0. The first kappa shape index (κ1) is 19.1. The van der Waals surface area contributed by atoms with Crippen molar-refractivity contribution in [2.45, 2.75) is 26.6 Å². The SMILES string of the molecule is CCOc1c(Br)cc(CNCc2ccccc2OC(F)F)cc1Br. The van der Waals surface area contributed by atoms with Crippen LogP contribution in [0.25, 0.3) is 0 Å². The Morgan fingerprint density at radius 3 is 2.38 bits per heavy atom. The molecule has 0 aliphatic heterocycles. The molecule has 3 nitrogen and oxygen atoms in total. The average molecular weight is 465 g/mol. The summed E-state index contributed by atoms with van der Waals surface area (Å²) in [7, 11) is 0. The molecular formula is C17H17Br2F2NO2. The fourth-order valence-corrected chi connectivity index (χ4v) is 3.71. The van der Waals surface area contributed by atoms with Crippen LogP contribution in [0.15, 0.2) is 45.3 Å². The molecule has 2 aromatic carbocycles. The number of halogens is 4. The molecule has 2 aromatic rings. The maximum atomic E-state index is 12.4. The minimum absolute atomic E-state index is 0.189. The van der Waals surface area contributed by atoms with E-state index in [2.05, 4.69) is 41.9 Å². The summed E-state index contributed by atoms with van der Waals surface area (Å²) >= 11 is 6.98. The molecule has 24 heavy (non-hydrogen) atoms. The first-order chi connectivity index (χ1) is 11.5. The van der Waals surface area contributed by atoms with Gasteiger partial charge in [-0.25, -0.2) is 0 Å². The van der Waals surface area contributed by atoms with Crippen molar-refractivity contribution in [2.75, 3.05) is 6.61 Å². The quantitative estimate of drug-likeness (QED) is 0.559. The molecule has 0 heterocycles. The van der Waals surface area contributed by atoms with Crippen LogP contribution in [0, 0.1) is 0 Å². The summed E-state index contributed by atoms with van der Waals surface area (Å²) in [6, 6.07) is 10.7. The topological polar surface area (TPSA) is 30.5 Å². The summed E-state index contributed by atoms with van der Waals surface area (Å²) in [5.74, 6) is 0.950. The van der Waals surface area contributed by atoms with Crippen LogP contribution in [0.2, 0.25) is 0 Å². The molecule has 0 fully saturated rings. The van der Waals surface area contributed by atoms with Crippen LogP contribution in [-0.2, 0) is 13.1 Å². The van der Waals surface area contributed by atoms with Crippen LogP contribution in [0.1, 0.15) is 18.1 Å². The van der Waals surface area contributed by atoms with Crippen molar-refractivity contribution in [2.24, 2.45) is 0 Å². The molecule has 0 unspecified atom stereocenters. The van der Waals surface area contributed by atoms with Crippen LogP contribution in [0.5, 0.6) is 11.5 Å². The second-order valence-electron chi connectivity index (χ2n) is 4.91. The van der Waals surface area contributed by atoms with Gasteiger partial charge in [0.2, 0.25) is 0 Å². The number of hydrogen-bond acceptors (Lipinski definition) is 3. The lowest BCUT2D eigenvalue weighted by Crippen LogP contribution is -2.14. The van der Waals surface area contributed by atoms with Gasteiger partial charge in [0.25, 0.3) is 0 Å². The molecule has 0 aliphatic rings. The highest BCUT2D eigenvalue weighted by Crippen LogP contribution is 2.34. The minimum Gasteiger partial charge on any atom is -0.492 e. The smallest absolute Gasteiger partial charge is 0.387 e. The van der Waals surface area contributed by atoms with E-state index < -0.39 is 6.61 Å². The average Bonchev–Trinajstić information content (AvgIpc) is 2.52. The van der Waals surface area contributed by atoms with Crippen molar-refractivity contribution in [1.82, 2.24) is 5.32 Å². The molecule has 0 saturated carbocycles. The Hall–Kier alpha value is -1.18. The molecule has 0 radical (unpaired) electrons. The monoisotopic (exact) mass is 463 g/mol. The Labute approximate surface area is 156 Å². The molecule has 0 amide bonds. The third-order valence-electron chi connectivity index (χ3n) is 3.18. The number of hydrogen-bond donors (Lipinski definition) is 1. The van der Waals surface area contributed by atoms with E-state index in [1.54, 1.807) is 18.2 Å². The number of rotatable bonds is 8. The van der Waals surface area contributed by atoms with Gasteiger partial charge in [0.15, 0.2) is 0 Å². The van der Waals surface area contributed by atoms with E-state index in [0.29, 0.717) is 25.3 Å². The van der Waals surface area contributed by atoms with Crippen molar-refractivity contribution >= 4 is 31.9 Å². The highest BCUT2D eigenvalue weighted by molar-refractivity contribution is 9.11. The fraction of sp³-hybridized carbons (Fsp3) is 0.294. The molecular weight excluding hydrogens is 448 g/mol. The molecule has 130 valence electrons. The van der Waals surface area contributed by atoms with Crippen LogP contribution < -0.4 is 14.8 Å². The molecule has 0 bridgehead atoms. The van der Waals surface area contributed by atoms with Gasteiger partial charge in [-0.15, -0.1) is 0 Å². The zero-order valence-corrected chi connectivity index (χ0v) is 16.2. The molecule has 0 atom stereocenters. The highest BCUT2D eigenvalue weighted by atomic mass is 79.9. The highest BCUT2D eigenvalue weighted by Gasteiger charge is 2.10. The van der Waals surface area contributed by atoms with Crippen molar-refractivity contribution in [3.05, 3.63) is 56.5 Å². The lowest BCUT2D eigenvalue weighted by Gasteiger charge is -2.13. The fourth-order valence-electron chi connectivity index (χ4n) is 2.20. The van der Waals surface area contributed by atoms with E-state index in [-0.39, 0.29) is 5.75 Å². The van der Waals surface area contributed by atoms with E-state index in [1.165, 1.54) is 6.07 Å². The lowest BCUT2D eigenvalue weighted by atomic mass is 10.2. The number of alkyl halides is 2. The minimum atomic E-state index is -2.83. The first-order valence-electron chi connectivity index (χ1n) is 7.35. The van der Waals surface area contributed by atoms with Crippen LogP contribution in [0.3, 0.4) is 0 Å². The van der Waals surface area contributed by atoms with Crippen molar-refractivity contribution in [3.8, 4) is 11.5 Å². The standard InChI is InChI=1S/C17H17Br2F2NO2/c1-2-23-16-13(18)7-11(8-14(16)19)9-22-10-12-5-3-4-6-15(12)24-17(20)21/h3-8,17,22H,2,9-10H2,1H3. The normalized spacial score (nSPS) is 10.9. The Kier molecular flexibility index (Phi) is 7.45. The van der Waals surface area contributed by atoms with Gasteiger partial charge in [0, 0.05) is 18.7 Å². The van der Waals surface area contributed by atoms with Crippen LogP contribution >= 0.6 is 31.9 Å². The summed E-state index contributed by atoms with van der Waals surface area (Å²) < 4.78 is 36.6. The maximum Gasteiger partial charge on any atom is 0.387 e. The Bertz CT molecular complexity index is 660. The van der Waals surface area contributed by atoms with E-state index >= 15 is 0 Å². The summed E-state index contributed by atoms with van der Waals surface area (Å²) in [6.07, 6.45) is 0. The van der Waals surface area contributed by atoms with Crippen LogP contribution in [0.4, 0.5) is 8.78 Å². The molecule has 0 spiro atoms. The Morgan fingerprint density at radius 1 is 1.08 bits per heavy atom. The third-order valence-corrected chi connectivity index (χ3v) is 4.36. The summed E-state index contributed by atoms with van der Waals surface area (Å²) in [6.45, 7) is 0.671. The van der Waals surface area contributed by atoms with E-state index in [1.807, 2.05) is 19.1 Å². The first-order valence-corrected chi connectivity index (χ1v) is 8.94. The largest absolute Gasteiger partial charge is 0.492 e. The van der Waals surface area contributed by atoms with E-state index in [0.717, 1.165) is 20.3 Å². The molecule has 1 N–H and O–H groups in total. The lowest BCUT2D eigenvalue weighted by molar-refractivity contribution is -0.0505. The summed E-state index contributed by atoms with van der Waals surface area (Å²) in [5.41, 5.74) is 1.71. The van der Waals surface area contributed by atoms with Gasteiger partial charge in [-0.2, -0.15) is 8.78 Å². The van der Waals surface area contributed by atoms with E-state index in [9.17, 15) is 8.78 Å². The number of ether oxygens (including phenoxy) is 2. The van der Waals surface area contributed by atoms with Gasteiger partial charge in [0.05, 0.1) is 15.6 Å². The van der Waals surface area contributed by atoms with Crippen molar-refractivity contribution in [3.63, 3.8) is 0 Å². The molecule has 2 rings (SSSR count). The molecule has 0 aliphatic carbocycles. The predicted octanol–water partition coefficient (Wildman–Crippen LogP) is 5.50. The molecule has 0 aromatic heterocycles. The molecule has 0 saturated heterocycles. The van der Waals surface area contributed by atoms with Gasteiger partial charge in [-0.3, -0.25) is 0 Å². The van der Waals surface area contributed by atoms with Crippen molar-refractivity contribution < 1.29 is 18.3 Å². The van der Waals surface area contributed by atoms with Gasteiger partial charge < -0.3 is 14.8 Å².